The first-order valence-electron chi connectivity index (χ1n) is 10.4. The first kappa shape index (κ1) is 20.5. The van der Waals surface area contributed by atoms with E-state index in [0.29, 0.717) is 16.6 Å². The van der Waals surface area contributed by atoms with Crippen LogP contribution in [0.2, 0.25) is 0 Å². The third-order valence-electron chi connectivity index (χ3n) is 5.37. The van der Waals surface area contributed by atoms with Gasteiger partial charge in [0.15, 0.2) is 6.10 Å². The minimum absolute atomic E-state index is 0.221. The molecular weight excluding hydrogens is 388 g/mol. The van der Waals surface area contributed by atoms with Gasteiger partial charge in [-0.3, -0.25) is 9.36 Å². The second-order valence-corrected chi connectivity index (χ2v) is 7.50. The van der Waals surface area contributed by atoms with E-state index in [0.717, 1.165) is 29.0 Å². The fourth-order valence-corrected chi connectivity index (χ4v) is 3.65. The molecule has 0 unspecified atom stereocenters. The molecule has 0 saturated carbocycles. The first-order valence-corrected chi connectivity index (χ1v) is 10.4. The molecule has 0 aliphatic heterocycles. The highest BCUT2D eigenvalue weighted by molar-refractivity contribution is 6.02. The van der Waals surface area contributed by atoms with Crippen molar-refractivity contribution in [1.82, 2.24) is 9.55 Å². The van der Waals surface area contributed by atoms with Crippen LogP contribution in [-0.2, 0) is 11.2 Å². The van der Waals surface area contributed by atoms with Gasteiger partial charge in [0.25, 0.3) is 0 Å². The molecule has 1 heterocycles. The number of benzene rings is 3. The average Bonchev–Trinajstić information content (AvgIpc) is 3.13. The summed E-state index contributed by atoms with van der Waals surface area (Å²) in [7, 11) is 0. The largest absolute Gasteiger partial charge is 0.451 e. The van der Waals surface area contributed by atoms with Crippen molar-refractivity contribution in [3.63, 3.8) is 0 Å². The van der Waals surface area contributed by atoms with E-state index in [4.69, 9.17) is 4.74 Å². The van der Waals surface area contributed by atoms with Crippen molar-refractivity contribution in [2.45, 2.75) is 33.3 Å². The highest BCUT2D eigenvalue weighted by Gasteiger charge is 2.21. The summed E-state index contributed by atoms with van der Waals surface area (Å²) in [4.78, 5) is 29.9. The molecule has 5 heteroatoms. The van der Waals surface area contributed by atoms with Gasteiger partial charge in [0, 0.05) is 11.3 Å². The predicted molar refractivity (Wildman–Crippen MR) is 121 cm³/mol. The fraction of sp³-hybridized carbons (Fsp3) is 0.192. The Kier molecular flexibility index (Phi) is 5.67. The Morgan fingerprint density at radius 1 is 0.968 bits per heavy atom. The molecule has 31 heavy (non-hydrogen) atoms. The molecule has 0 amide bonds. The monoisotopic (exact) mass is 412 g/mol. The quantitative estimate of drug-likeness (QED) is 0.317. The summed E-state index contributed by atoms with van der Waals surface area (Å²) in [5.41, 5.74) is 4.66. The van der Waals surface area contributed by atoms with Gasteiger partial charge in [-0.2, -0.15) is 0 Å². The Morgan fingerprint density at radius 2 is 1.65 bits per heavy atom. The van der Waals surface area contributed by atoms with Crippen LogP contribution in [0.5, 0.6) is 0 Å². The predicted octanol–water partition coefficient (Wildman–Crippen LogP) is 5.32. The van der Waals surface area contributed by atoms with Gasteiger partial charge in [0.05, 0.1) is 16.6 Å². The lowest BCUT2D eigenvalue weighted by molar-refractivity contribution is 0.0319. The smallest absolute Gasteiger partial charge is 0.338 e. The summed E-state index contributed by atoms with van der Waals surface area (Å²) in [5.74, 6) is 0.0620. The molecular formula is C26H24N2O3. The maximum absolute atomic E-state index is 12.7. The van der Waals surface area contributed by atoms with Crippen LogP contribution >= 0.6 is 0 Å². The van der Waals surface area contributed by atoms with Gasteiger partial charge < -0.3 is 4.74 Å². The van der Waals surface area contributed by atoms with Gasteiger partial charge in [0.1, 0.15) is 5.82 Å². The Labute approximate surface area is 181 Å². The molecule has 0 radical (unpaired) electrons. The highest BCUT2D eigenvalue weighted by atomic mass is 16.5. The molecule has 0 saturated heterocycles. The maximum atomic E-state index is 12.7. The molecule has 1 atom stereocenters. The van der Waals surface area contributed by atoms with Crippen molar-refractivity contribution < 1.29 is 14.3 Å². The number of nitrogens with zero attached hydrogens (tertiary/aromatic N) is 2. The van der Waals surface area contributed by atoms with E-state index in [2.05, 4.69) is 11.9 Å². The summed E-state index contributed by atoms with van der Waals surface area (Å²) < 4.78 is 7.49. The Hall–Kier alpha value is -3.73. The number of Topliss-reactive ketones (excluding diaryl/α,β-unsaturated/α-hetero) is 1. The number of aromatic nitrogens is 2. The van der Waals surface area contributed by atoms with Crippen molar-refractivity contribution in [3.05, 3.63) is 95.3 Å². The van der Waals surface area contributed by atoms with Crippen molar-refractivity contribution in [1.29, 1.82) is 0 Å². The topological polar surface area (TPSA) is 61.2 Å². The van der Waals surface area contributed by atoms with Crippen LogP contribution in [-0.4, -0.2) is 27.4 Å². The molecule has 5 nitrogen and oxygen atoms in total. The van der Waals surface area contributed by atoms with Crippen LogP contribution in [0.25, 0.3) is 16.7 Å². The summed E-state index contributed by atoms with van der Waals surface area (Å²) in [6.45, 7) is 5.58. The number of para-hydroxylation sites is 1. The number of carbonyl (C=O) groups is 2. The van der Waals surface area contributed by atoms with Crippen molar-refractivity contribution in [3.8, 4) is 5.69 Å². The minimum Gasteiger partial charge on any atom is -0.451 e. The SMILES string of the molecule is CCc1ccc(C(=O)[C@@H](C)OC(=O)c2ccc3c(c2)nc(C)n3-c2ccccc2)cc1. The zero-order valence-corrected chi connectivity index (χ0v) is 17.8. The van der Waals surface area contributed by atoms with E-state index in [9.17, 15) is 9.59 Å². The number of carbonyl (C=O) groups excluding carboxylic acids is 2. The van der Waals surface area contributed by atoms with Gasteiger partial charge in [-0.1, -0.05) is 49.4 Å². The molecule has 156 valence electrons. The number of esters is 1. The van der Waals surface area contributed by atoms with Crippen molar-refractivity contribution in [2.24, 2.45) is 0 Å². The molecule has 1 aromatic heterocycles. The number of hydrogen-bond donors (Lipinski definition) is 0. The number of aryl methyl sites for hydroxylation is 2. The van der Waals surface area contributed by atoms with Gasteiger partial charge in [0.2, 0.25) is 5.78 Å². The third kappa shape index (κ3) is 4.12. The van der Waals surface area contributed by atoms with E-state index in [1.165, 1.54) is 0 Å². The summed E-state index contributed by atoms with van der Waals surface area (Å²) in [6.07, 6.45) is 0.0281. The van der Waals surface area contributed by atoms with E-state index in [1.807, 2.05) is 60.0 Å². The lowest BCUT2D eigenvalue weighted by atomic mass is 10.0. The van der Waals surface area contributed by atoms with Gasteiger partial charge >= 0.3 is 5.97 Å². The molecule has 4 rings (SSSR count). The molecule has 0 N–H and O–H groups in total. The van der Waals surface area contributed by atoms with Crippen LogP contribution in [0.15, 0.2) is 72.8 Å². The number of fused-ring (bicyclic) bond motifs is 1. The first-order chi connectivity index (χ1) is 15.0. The number of hydrogen-bond acceptors (Lipinski definition) is 4. The van der Waals surface area contributed by atoms with Crippen LogP contribution in [0.4, 0.5) is 0 Å². The maximum Gasteiger partial charge on any atom is 0.338 e. The summed E-state index contributed by atoms with van der Waals surface area (Å²) in [5, 5.41) is 0. The van der Waals surface area contributed by atoms with E-state index >= 15 is 0 Å². The molecule has 4 aromatic rings. The normalized spacial score (nSPS) is 12.0. The molecule has 0 aliphatic carbocycles. The van der Waals surface area contributed by atoms with E-state index in [-0.39, 0.29) is 5.78 Å². The van der Waals surface area contributed by atoms with Gasteiger partial charge in [-0.15, -0.1) is 0 Å². The highest BCUT2D eigenvalue weighted by Crippen LogP contribution is 2.23. The zero-order valence-electron chi connectivity index (χ0n) is 17.8. The van der Waals surface area contributed by atoms with E-state index in [1.54, 1.807) is 31.2 Å². The Morgan fingerprint density at radius 3 is 2.32 bits per heavy atom. The van der Waals surface area contributed by atoms with Gasteiger partial charge in [-0.25, -0.2) is 9.78 Å². The zero-order chi connectivity index (χ0) is 22.0. The Balaban J connectivity index is 1.54. The van der Waals surface area contributed by atoms with Crippen LogP contribution < -0.4 is 0 Å². The molecule has 0 fully saturated rings. The molecule has 0 spiro atoms. The van der Waals surface area contributed by atoms with Crippen LogP contribution in [0.1, 0.15) is 46.0 Å². The number of ketones is 1. The number of rotatable bonds is 6. The number of ether oxygens (including phenoxy) is 1. The third-order valence-corrected chi connectivity index (χ3v) is 5.37. The fourth-order valence-electron chi connectivity index (χ4n) is 3.65. The lowest BCUT2D eigenvalue weighted by Crippen LogP contribution is -2.24. The van der Waals surface area contributed by atoms with Gasteiger partial charge in [-0.05, 0) is 56.2 Å². The lowest BCUT2D eigenvalue weighted by Gasteiger charge is -2.13. The van der Waals surface area contributed by atoms with Crippen molar-refractivity contribution >= 4 is 22.8 Å². The summed E-state index contributed by atoms with van der Waals surface area (Å²) in [6, 6.07) is 22.6. The summed E-state index contributed by atoms with van der Waals surface area (Å²) >= 11 is 0. The molecule has 0 aliphatic rings. The number of imidazole rings is 1. The minimum atomic E-state index is -0.876. The molecule has 0 bridgehead atoms. The second kappa shape index (κ2) is 8.56. The van der Waals surface area contributed by atoms with Crippen LogP contribution in [0, 0.1) is 6.92 Å². The second-order valence-electron chi connectivity index (χ2n) is 7.50. The average molecular weight is 412 g/mol. The Bertz CT molecular complexity index is 1240. The molecule has 3 aromatic carbocycles. The van der Waals surface area contributed by atoms with Crippen molar-refractivity contribution in [2.75, 3.05) is 0 Å². The van der Waals surface area contributed by atoms with E-state index < -0.39 is 12.1 Å². The van der Waals surface area contributed by atoms with Crippen LogP contribution in [0.3, 0.4) is 0 Å². The standard InChI is InChI=1S/C26H24N2O3/c1-4-19-10-12-20(13-11-19)25(29)17(2)31-26(30)21-14-15-24-23(16-21)27-18(3)28(24)22-8-6-5-7-9-22/h5-17H,4H2,1-3H3/t17-/m1/s1.